The van der Waals surface area contributed by atoms with Gasteiger partial charge in [-0.15, -0.1) is 16.8 Å². The molecule has 0 fully saturated rings. The summed E-state index contributed by atoms with van der Waals surface area (Å²) in [6, 6.07) is 15.7. The van der Waals surface area contributed by atoms with Crippen LogP contribution < -0.4 is 5.32 Å². The van der Waals surface area contributed by atoms with Gasteiger partial charge in [0.25, 0.3) is 0 Å². The lowest BCUT2D eigenvalue weighted by Crippen LogP contribution is -2.33. The fourth-order valence-corrected chi connectivity index (χ4v) is 3.72. The largest absolute Gasteiger partial charge is 0.349 e. The van der Waals surface area contributed by atoms with Crippen LogP contribution in [-0.2, 0) is 11.3 Å². The Labute approximate surface area is 174 Å². The van der Waals surface area contributed by atoms with E-state index >= 15 is 0 Å². The summed E-state index contributed by atoms with van der Waals surface area (Å²) in [5.41, 5.74) is 1.80. The first kappa shape index (κ1) is 20.8. The van der Waals surface area contributed by atoms with E-state index < -0.39 is 0 Å². The van der Waals surface area contributed by atoms with Crippen molar-refractivity contribution in [3.63, 3.8) is 0 Å². The lowest BCUT2D eigenvalue weighted by molar-refractivity contribution is -0.120. The molecule has 3 rings (SSSR count). The number of carbonyl (C=O) groups excluding carboxylic acids is 1. The minimum atomic E-state index is -0.380. The van der Waals surface area contributed by atoms with Crippen molar-refractivity contribution in [2.75, 3.05) is 0 Å². The first-order chi connectivity index (χ1) is 14.0. The lowest BCUT2D eigenvalue weighted by Gasteiger charge is -2.18. The van der Waals surface area contributed by atoms with E-state index in [1.54, 1.807) is 18.2 Å². The van der Waals surface area contributed by atoms with E-state index in [2.05, 4.69) is 22.1 Å². The number of hydrogen-bond acceptors (Lipinski definition) is 4. The third kappa shape index (κ3) is 5.12. The van der Waals surface area contributed by atoms with Gasteiger partial charge >= 0.3 is 0 Å². The van der Waals surface area contributed by atoms with Crippen molar-refractivity contribution < 1.29 is 9.18 Å². The van der Waals surface area contributed by atoms with E-state index in [4.69, 9.17) is 0 Å². The number of thioether (sulfide) groups is 1. The summed E-state index contributed by atoms with van der Waals surface area (Å²) >= 11 is 1.34. The molecular weight excluding hydrogens is 387 g/mol. The third-order valence-corrected chi connectivity index (χ3v) is 5.52. The standard InChI is InChI=1S/C22H23FN4OS/c1-4-14-27-20(18-8-6-5-7-9-18)25-26-22(27)29-16(3)21(28)24-15(2)17-10-12-19(23)13-11-17/h4-13,15-16H,1,14H2,2-3H3,(H,24,28)/t15-,16+/m0/s1. The lowest BCUT2D eigenvalue weighted by atomic mass is 10.1. The number of aromatic nitrogens is 3. The number of allylic oxidation sites excluding steroid dienone is 1. The van der Waals surface area contributed by atoms with Gasteiger partial charge in [0, 0.05) is 12.1 Å². The van der Waals surface area contributed by atoms with E-state index in [0.29, 0.717) is 11.7 Å². The van der Waals surface area contributed by atoms with Crippen LogP contribution in [0.25, 0.3) is 11.4 Å². The fraction of sp³-hybridized carbons (Fsp3) is 0.227. The summed E-state index contributed by atoms with van der Waals surface area (Å²) in [5.74, 6) is 0.313. The number of hydrogen-bond donors (Lipinski definition) is 1. The molecule has 0 aliphatic carbocycles. The highest BCUT2D eigenvalue weighted by Gasteiger charge is 2.22. The Morgan fingerprint density at radius 2 is 1.86 bits per heavy atom. The molecule has 2 aromatic carbocycles. The van der Waals surface area contributed by atoms with Gasteiger partial charge in [0.15, 0.2) is 11.0 Å². The second-order valence-corrected chi connectivity index (χ2v) is 7.92. The van der Waals surface area contributed by atoms with Crippen molar-refractivity contribution in [2.24, 2.45) is 0 Å². The topological polar surface area (TPSA) is 59.8 Å². The predicted molar refractivity (Wildman–Crippen MR) is 114 cm³/mol. The average molecular weight is 411 g/mol. The summed E-state index contributed by atoms with van der Waals surface area (Å²) < 4.78 is 15.0. The molecule has 0 saturated carbocycles. The quantitative estimate of drug-likeness (QED) is 0.435. The first-order valence-electron chi connectivity index (χ1n) is 9.31. The molecule has 29 heavy (non-hydrogen) atoms. The molecular formula is C22H23FN4OS. The van der Waals surface area contributed by atoms with E-state index in [1.165, 1.54) is 23.9 Å². The zero-order valence-electron chi connectivity index (χ0n) is 16.4. The van der Waals surface area contributed by atoms with Gasteiger partial charge in [-0.1, -0.05) is 60.3 Å². The molecule has 3 aromatic rings. The number of carbonyl (C=O) groups is 1. The Morgan fingerprint density at radius 1 is 1.17 bits per heavy atom. The van der Waals surface area contributed by atoms with Crippen molar-refractivity contribution in [1.82, 2.24) is 20.1 Å². The van der Waals surface area contributed by atoms with E-state index in [1.807, 2.05) is 48.7 Å². The molecule has 0 unspecified atom stereocenters. The SMILES string of the molecule is C=CCn1c(S[C@H](C)C(=O)N[C@@H](C)c2ccc(F)cc2)nnc1-c1ccccc1. The fourth-order valence-electron chi connectivity index (χ4n) is 2.85. The van der Waals surface area contributed by atoms with Crippen LogP contribution >= 0.6 is 11.8 Å². The first-order valence-corrected chi connectivity index (χ1v) is 10.2. The van der Waals surface area contributed by atoms with Gasteiger partial charge in [-0.2, -0.15) is 0 Å². The summed E-state index contributed by atoms with van der Waals surface area (Å²) in [6.45, 7) is 8.05. The van der Waals surface area contributed by atoms with Gasteiger partial charge in [-0.3, -0.25) is 9.36 Å². The monoisotopic (exact) mass is 410 g/mol. The van der Waals surface area contributed by atoms with Crippen LogP contribution in [0.1, 0.15) is 25.5 Å². The van der Waals surface area contributed by atoms with Crippen molar-refractivity contribution in [2.45, 2.75) is 36.8 Å². The van der Waals surface area contributed by atoms with Gasteiger partial charge in [0.05, 0.1) is 11.3 Å². The molecule has 1 amide bonds. The van der Waals surface area contributed by atoms with Crippen LogP contribution in [-0.4, -0.2) is 25.9 Å². The number of halogens is 1. The molecule has 1 aromatic heterocycles. The van der Waals surface area contributed by atoms with Crippen LogP contribution in [0.5, 0.6) is 0 Å². The molecule has 0 aliphatic rings. The highest BCUT2D eigenvalue weighted by atomic mass is 32.2. The molecule has 0 aliphatic heterocycles. The summed E-state index contributed by atoms with van der Waals surface area (Å²) in [7, 11) is 0. The zero-order chi connectivity index (χ0) is 20.8. The molecule has 2 atom stereocenters. The van der Waals surface area contributed by atoms with Gasteiger partial charge in [-0.05, 0) is 31.5 Å². The second kappa shape index (κ2) is 9.52. The molecule has 5 nitrogen and oxygen atoms in total. The molecule has 1 N–H and O–H groups in total. The van der Waals surface area contributed by atoms with Gasteiger partial charge in [0.1, 0.15) is 5.82 Å². The average Bonchev–Trinajstić information content (AvgIpc) is 3.11. The normalized spacial score (nSPS) is 12.9. The van der Waals surface area contributed by atoms with E-state index in [0.717, 1.165) is 17.0 Å². The Bertz CT molecular complexity index is 972. The Hall–Kier alpha value is -2.93. The number of amides is 1. The maximum absolute atomic E-state index is 13.1. The van der Waals surface area contributed by atoms with Crippen LogP contribution in [0.15, 0.2) is 72.4 Å². The zero-order valence-corrected chi connectivity index (χ0v) is 17.2. The number of benzene rings is 2. The minimum absolute atomic E-state index is 0.124. The maximum atomic E-state index is 13.1. The number of nitrogens with zero attached hydrogens (tertiary/aromatic N) is 3. The minimum Gasteiger partial charge on any atom is -0.349 e. The van der Waals surface area contributed by atoms with Crippen LogP contribution in [0.4, 0.5) is 4.39 Å². The van der Waals surface area contributed by atoms with E-state index in [9.17, 15) is 9.18 Å². The van der Waals surface area contributed by atoms with E-state index in [-0.39, 0.29) is 23.0 Å². The molecule has 0 spiro atoms. The Morgan fingerprint density at radius 3 is 2.52 bits per heavy atom. The Kier molecular flexibility index (Phi) is 6.82. The summed E-state index contributed by atoms with van der Waals surface area (Å²) in [6.07, 6.45) is 1.78. The highest BCUT2D eigenvalue weighted by molar-refractivity contribution is 8.00. The summed E-state index contributed by atoms with van der Waals surface area (Å²) in [4.78, 5) is 12.7. The van der Waals surface area contributed by atoms with Crippen LogP contribution in [0.2, 0.25) is 0 Å². The molecule has 1 heterocycles. The third-order valence-electron chi connectivity index (χ3n) is 4.44. The predicted octanol–water partition coefficient (Wildman–Crippen LogP) is 4.63. The Balaban J connectivity index is 1.71. The van der Waals surface area contributed by atoms with Crippen molar-refractivity contribution in [3.8, 4) is 11.4 Å². The molecule has 150 valence electrons. The highest BCUT2D eigenvalue weighted by Crippen LogP contribution is 2.27. The number of rotatable bonds is 8. The maximum Gasteiger partial charge on any atom is 0.233 e. The van der Waals surface area contributed by atoms with Crippen molar-refractivity contribution in [3.05, 3.63) is 78.6 Å². The van der Waals surface area contributed by atoms with Crippen molar-refractivity contribution >= 4 is 17.7 Å². The second-order valence-electron chi connectivity index (χ2n) is 6.61. The van der Waals surface area contributed by atoms with Gasteiger partial charge in [-0.25, -0.2) is 4.39 Å². The molecule has 0 saturated heterocycles. The summed E-state index contributed by atoms with van der Waals surface area (Å²) in [5, 5.41) is 11.8. The van der Waals surface area contributed by atoms with Gasteiger partial charge < -0.3 is 5.32 Å². The van der Waals surface area contributed by atoms with Crippen LogP contribution in [0.3, 0.4) is 0 Å². The molecule has 0 radical (unpaired) electrons. The van der Waals surface area contributed by atoms with Crippen molar-refractivity contribution in [1.29, 1.82) is 0 Å². The van der Waals surface area contributed by atoms with Crippen LogP contribution in [0, 0.1) is 5.82 Å². The molecule has 0 bridgehead atoms. The number of nitrogens with one attached hydrogen (secondary N) is 1. The molecule has 7 heteroatoms. The smallest absolute Gasteiger partial charge is 0.233 e. The van der Waals surface area contributed by atoms with Gasteiger partial charge in [0.2, 0.25) is 5.91 Å².